The van der Waals surface area contributed by atoms with Crippen LogP contribution in [0.25, 0.3) is 0 Å². The van der Waals surface area contributed by atoms with Crippen LogP contribution in [0.15, 0.2) is 84.4 Å². The summed E-state index contributed by atoms with van der Waals surface area (Å²) >= 11 is 14.6. The van der Waals surface area contributed by atoms with Gasteiger partial charge in [0.2, 0.25) is 11.8 Å². The molecule has 7 rings (SSSR count). The van der Waals surface area contributed by atoms with Gasteiger partial charge in [-0.2, -0.15) is 0 Å². The van der Waals surface area contributed by atoms with Crippen molar-refractivity contribution in [3.05, 3.63) is 101 Å². The maximum Gasteiger partial charge on any atom is 0.258 e. The Bertz CT molecular complexity index is 1800. The lowest BCUT2D eigenvalue weighted by Gasteiger charge is -2.50. The topological polar surface area (TPSA) is 115 Å². The molecule has 2 N–H and O–H groups in total. The summed E-state index contributed by atoms with van der Waals surface area (Å²) in [4.78, 5) is 54.1. The van der Waals surface area contributed by atoms with Gasteiger partial charge in [-0.15, -0.1) is 23.2 Å². The molecule has 4 amide bonds. The van der Waals surface area contributed by atoms with Crippen LogP contribution < -0.4 is 4.90 Å². The van der Waals surface area contributed by atoms with E-state index < -0.39 is 57.0 Å². The summed E-state index contributed by atoms with van der Waals surface area (Å²) in [6.45, 7) is 0.127. The number of alkyl halides is 2. The number of para-hydroxylation sites is 1. The number of hydrogen-bond donors (Lipinski definition) is 2. The third kappa shape index (κ3) is 4.17. The van der Waals surface area contributed by atoms with E-state index >= 15 is 0 Å². The van der Waals surface area contributed by atoms with Crippen LogP contribution >= 0.6 is 23.2 Å². The molecule has 2 heterocycles. The van der Waals surface area contributed by atoms with E-state index in [9.17, 15) is 33.8 Å². The van der Waals surface area contributed by atoms with Crippen LogP contribution in [0, 0.1) is 23.6 Å². The molecule has 0 aromatic heterocycles. The van der Waals surface area contributed by atoms with Crippen molar-refractivity contribution in [3.8, 4) is 11.5 Å². The molecule has 2 saturated heterocycles. The van der Waals surface area contributed by atoms with E-state index in [-0.39, 0.29) is 48.0 Å². The van der Waals surface area contributed by atoms with E-state index in [1.807, 2.05) is 0 Å². The zero-order valence-electron chi connectivity index (χ0n) is 23.7. The van der Waals surface area contributed by atoms with Crippen LogP contribution in [0.2, 0.25) is 0 Å². The van der Waals surface area contributed by atoms with E-state index in [1.165, 1.54) is 35.2 Å². The van der Waals surface area contributed by atoms with Crippen molar-refractivity contribution in [1.29, 1.82) is 0 Å². The smallest absolute Gasteiger partial charge is 0.258 e. The van der Waals surface area contributed by atoms with Gasteiger partial charge in [-0.3, -0.25) is 24.1 Å². The Balaban J connectivity index is 1.31. The van der Waals surface area contributed by atoms with Crippen molar-refractivity contribution in [3.63, 3.8) is 0 Å². The maximum absolute atomic E-state index is 14.3. The number of amides is 4. The fourth-order valence-electron chi connectivity index (χ4n) is 7.67. The van der Waals surface area contributed by atoms with Crippen LogP contribution in [-0.2, 0) is 25.6 Å². The average Bonchev–Trinajstić information content (AvgIpc) is 3.35. The predicted octanol–water partition coefficient (Wildman–Crippen LogP) is 5.04. The second kappa shape index (κ2) is 10.4. The van der Waals surface area contributed by atoms with E-state index in [2.05, 4.69) is 0 Å². The van der Waals surface area contributed by atoms with E-state index in [4.69, 9.17) is 23.2 Å². The number of phenols is 2. The molecule has 11 heteroatoms. The summed E-state index contributed by atoms with van der Waals surface area (Å²) in [7, 11) is 0. The number of rotatable bonds is 5. The molecule has 6 atom stereocenters. The first kappa shape index (κ1) is 29.5. The molecular formula is C34H27Cl2FN2O6. The number of aromatic hydroxyl groups is 2. The van der Waals surface area contributed by atoms with Gasteiger partial charge in [0.1, 0.15) is 17.3 Å². The fraction of sp³-hybridized carbons (Fsp3) is 0.294. The third-order valence-corrected chi connectivity index (χ3v) is 11.2. The minimum atomic E-state index is -2.11. The van der Waals surface area contributed by atoms with E-state index in [0.717, 1.165) is 22.6 Å². The zero-order valence-corrected chi connectivity index (χ0v) is 25.2. The van der Waals surface area contributed by atoms with Crippen LogP contribution in [0.4, 0.5) is 10.1 Å². The monoisotopic (exact) mass is 648 g/mol. The Labute approximate surface area is 267 Å². The standard InChI is InChI=1S/C34H27Cl2FN2O6/c35-33-17-25-22(13-14-24-27(25)30(43)38(29(24)42)16-15-18-5-11-21(40)12-6-18)28(23-3-1-2-4-26(23)41)34(33,36)32(45)39(31(33)44)20-9-7-19(37)8-10-20/h1-13,24-25,27-28,40-41H,14-17H2/t24-,25+,27-,28+,33+,34-/m0/s1. The molecule has 0 bridgehead atoms. The Morgan fingerprint density at radius 3 is 2.22 bits per heavy atom. The van der Waals surface area contributed by atoms with Gasteiger partial charge < -0.3 is 10.2 Å². The van der Waals surface area contributed by atoms with E-state index in [1.54, 1.807) is 36.4 Å². The number of fused-ring (bicyclic) bond motifs is 4. The Kier molecular flexibility index (Phi) is 6.83. The number of allylic oxidation sites excluding steroid dienone is 2. The quantitative estimate of drug-likeness (QED) is 0.228. The van der Waals surface area contributed by atoms with Crippen molar-refractivity contribution in [2.75, 3.05) is 11.4 Å². The lowest BCUT2D eigenvalue weighted by Crippen LogP contribution is -2.60. The molecule has 3 aromatic rings. The minimum Gasteiger partial charge on any atom is -0.508 e. The lowest BCUT2D eigenvalue weighted by atomic mass is 9.56. The molecule has 0 spiro atoms. The molecule has 8 nitrogen and oxygen atoms in total. The summed E-state index contributed by atoms with van der Waals surface area (Å²) in [5.74, 6) is -6.41. The van der Waals surface area contributed by atoms with Gasteiger partial charge in [-0.1, -0.05) is 42.0 Å². The summed E-state index contributed by atoms with van der Waals surface area (Å²) in [5.41, 5.74) is 1.74. The molecule has 2 aliphatic heterocycles. The predicted molar refractivity (Wildman–Crippen MR) is 163 cm³/mol. The zero-order chi connectivity index (χ0) is 31.8. The van der Waals surface area contributed by atoms with Gasteiger partial charge in [-0.25, -0.2) is 9.29 Å². The second-order valence-corrected chi connectivity index (χ2v) is 13.3. The number of anilines is 1. The molecule has 1 saturated carbocycles. The minimum absolute atomic E-state index is 0.0826. The van der Waals surface area contributed by atoms with E-state index in [0.29, 0.717) is 12.0 Å². The molecular weight excluding hydrogens is 622 g/mol. The molecule has 230 valence electrons. The number of imide groups is 2. The largest absolute Gasteiger partial charge is 0.508 e. The van der Waals surface area contributed by atoms with Crippen LogP contribution in [0.1, 0.15) is 29.9 Å². The highest BCUT2D eigenvalue weighted by molar-refractivity contribution is 6.58. The first-order chi connectivity index (χ1) is 21.5. The van der Waals surface area contributed by atoms with Gasteiger partial charge in [0.25, 0.3) is 11.8 Å². The highest BCUT2D eigenvalue weighted by atomic mass is 35.5. The van der Waals surface area contributed by atoms with Gasteiger partial charge in [0, 0.05) is 18.0 Å². The number of carbonyl (C=O) groups excluding carboxylic acids is 4. The Hall–Kier alpha value is -4.21. The number of benzene rings is 3. The van der Waals surface area contributed by atoms with Crippen LogP contribution in [0.3, 0.4) is 0 Å². The molecule has 3 fully saturated rings. The maximum atomic E-state index is 14.3. The molecule has 2 aliphatic carbocycles. The molecule has 3 aromatic carbocycles. The Morgan fingerprint density at radius 1 is 0.844 bits per heavy atom. The third-order valence-electron chi connectivity index (χ3n) is 9.80. The highest BCUT2D eigenvalue weighted by Crippen LogP contribution is 2.66. The van der Waals surface area contributed by atoms with Crippen molar-refractivity contribution in [2.24, 2.45) is 17.8 Å². The molecule has 0 radical (unpaired) electrons. The Morgan fingerprint density at radius 2 is 1.53 bits per heavy atom. The summed E-state index contributed by atoms with van der Waals surface area (Å²) in [6.07, 6.45) is 2.18. The number of likely N-dealkylation sites (tertiary alicyclic amines) is 1. The second-order valence-electron chi connectivity index (χ2n) is 12.1. The van der Waals surface area contributed by atoms with Gasteiger partial charge in [0.15, 0.2) is 9.75 Å². The van der Waals surface area contributed by atoms with Gasteiger partial charge in [0.05, 0.1) is 17.5 Å². The first-order valence-corrected chi connectivity index (χ1v) is 15.4. The van der Waals surface area contributed by atoms with Crippen LogP contribution in [0.5, 0.6) is 11.5 Å². The number of halogens is 3. The number of carbonyl (C=O) groups is 4. The first-order valence-electron chi connectivity index (χ1n) is 14.6. The van der Waals surface area contributed by atoms with Crippen molar-refractivity contribution in [2.45, 2.75) is 34.9 Å². The van der Waals surface area contributed by atoms with Crippen molar-refractivity contribution in [1.82, 2.24) is 4.90 Å². The molecule has 45 heavy (non-hydrogen) atoms. The van der Waals surface area contributed by atoms with Crippen molar-refractivity contribution < 1.29 is 33.8 Å². The summed E-state index contributed by atoms with van der Waals surface area (Å²) in [5, 5.41) is 20.6. The van der Waals surface area contributed by atoms with Crippen molar-refractivity contribution >= 4 is 52.5 Å². The number of hydrogen-bond acceptors (Lipinski definition) is 6. The van der Waals surface area contributed by atoms with Gasteiger partial charge in [-0.05, 0) is 73.2 Å². The number of nitrogens with zero attached hydrogens (tertiary/aromatic N) is 2. The number of phenolic OH excluding ortho intramolecular Hbond substituents is 2. The SMILES string of the molecule is O=C1[C@H]2[C@H](CC=C3[C@H]2C[C@@]2(Cl)C(=O)N(c4ccc(F)cc4)C(=O)[C@@]2(Cl)[C@H]3c2ccccc2O)C(=O)N1CCc1ccc(O)cc1. The van der Waals surface area contributed by atoms with Gasteiger partial charge >= 0.3 is 0 Å². The molecule has 4 aliphatic rings. The summed E-state index contributed by atoms with van der Waals surface area (Å²) < 4.78 is 13.8. The highest BCUT2D eigenvalue weighted by Gasteiger charge is 2.76. The average molecular weight is 650 g/mol. The lowest BCUT2D eigenvalue weighted by molar-refractivity contribution is -0.140. The molecule has 0 unspecified atom stereocenters. The van der Waals surface area contributed by atoms with Crippen LogP contribution in [-0.4, -0.2) is 55.0 Å². The fourth-order valence-corrected chi connectivity index (χ4v) is 8.59. The summed E-state index contributed by atoms with van der Waals surface area (Å²) in [6, 6.07) is 17.6. The normalized spacial score (nSPS) is 30.7.